The van der Waals surface area contributed by atoms with Crippen LogP contribution in [0.25, 0.3) is 0 Å². The van der Waals surface area contributed by atoms with Gasteiger partial charge in [0.25, 0.3) is 0 Å². The van der Waals surface area contributed by atoms with E-state index in [-0.39, 0.29) is 25.2 Å². The van der Waals surface area contributed by atoms with E-state index in [1.165, 1.54) is 122 Å². The molecule has 350 valence electrons. The van der Waals surface area contributed by atoms with Gasteiger partial charge in [-0.05, 0) is 70.6 Å². The molecule has 0 rings (SSSR count). The standard InChI is InChI=1S/C56H96O5/c1-3-5-7-9-11-13-15-17-19-21-23-24-25-26-27-28-29-30-31-32-33-35-37-39-41-43-45-47-49-51-56(59)61-54(52-57)53-60-55(58)50-48-46-44-42-40-38-36-34-22-20-18-16-14-12-10-8-6-4-2/h5,7,11,13,17,19,23-24,26-27,29-30,32-33,54,57H,3-4,6,8-10,12,14-16,18,20-22,25,28,31,34-53H2,1-2H3/b7-5-,13-11-,19-17-,24-23-,27-26-,30-29-,33-32-. The van der Waals surface area contributed by atoms with Crippen LogP contribution in [0.4, 0.5) is 0 Å². The van der Waals surface area contributed by atoms with Crippen molar-refractivity contribution in [1.29, 1.82) is 0 Å². The van der Waals surface area contributed by atoms with Crippen LogP contribution in [0, 0.1) is 0 Å². The Kier molecular flexibility index (Phi) is 49.0. The first kappa shape index (κ1) is 58.1. The summed E-state index contributed by atoms with van der Waals surface area (Å²) in [5, 5.41) is 9.63. The van der Waals surface area contributed by atoms with Gasteiger partial charge in [0, 0.05) is 12.8 Å². The van der Waals surface area contributed by atoms with Gasteiger partial charge in [0.05, 0.1) is 6.61 Å². The number of allylic oxidation sites excluding steroid dienone is 14. The molecule has 0 aliphatic rings. The fraction of sp³-hybridized carbons (Fsp3) is 0.714. The van der Waals surface area contributed by atoms with Crippen molar-refractivity contribution in [1.82, 2.24) is 0 Å². The molecule has 0 saturated heterocycles. The number of hydrogen-bond acceptors (Lipinski definition) is 5. The van der Waals surface area contributed by atoms with E-state index in [0.717, 1.165) is 89.9 Å². The average molecular weight is 849 g/mol. The smallest absolute Gasteiger partial charge is 0.306 e. The summed E-state index contributed by atoms with van der Waals surface area (Å²) < 4.78 is 10.7. The van der Waals surface area contributed by atoms with Crippen LogP contribution in [0.3, 0.4) is 0 Å². The van der Waals surface area contributed by atoms with Crippen molar-refractivity contribution >= 4 is 11.9 Å². The van der Waals surface area contributed by atoms with E-state index < -0.39 is 6.10 Å². The zero-order chi connectivity index (χ0) is 44.2. The first-order chi connectivity index (χ1) is 30.1. The molecule has 0 aliphatic carbocycles. The topological polar surface area (TPSA) is 72.8 Å². The molecule has 0 aromatic rings. The molecule has 0 aromatic heterocycles. The van der Waals surface area contributed by atoms with Crippen molar-refractivity contribution in [2.24, 2.45) is 0 Å². The van der Waals surface area contributed by atoms with Gasteiger partial charge in [-0.25, -0.2) is 0 Å². The van der Waals surface area contributed by atoms with E-state index in [1.54, 1.807) is 0 Å². The quantitative estimate of drug-likeness (QED) is 0.0375. The van der Waals surface area contributed by atoms with Crippen molar-refractivity contribution < 1.29 is 24.2 Å². The molecule has 1 atom stereocenters. The van der Waals surface area contributed by atoms with Gasteiger partial charge in [-0.2, -0.15) is 0 Å². The predicted molar refractivity (Wildman–Crippen MR) is 265 cm³/mol. The van der Waals surface area contributed by atoms with Crippen molar-refractivity contribution in [2.45, 2.75) is 245 Å². The van der Waals surface area contributed by atoms with Gasteiger partial charge in [0.2, 0.25) is 0 Å². The number of aliphatic hydroxyl groups is 1. The molecular weight excluding hydrogens is 753 g/mol. The third kappa shape index (κ3) is 49.6. The summed E-state index contributed by atoms with van der Waals surface area (Å²) in [4.78, 5) is 24.4. The van der Waals surface area contributed by atoms with Crippen molar-refractivity contribution in [3.63, 3.8) is 0 Å². The van der Waals surface area contributed by atoms with E-state index >= 15 is 0 Å². The number of unbranched alkanes of at least 4 members (excludes halogenated alkanes) is 24. The fourth-order valence-electron chi connectivity index (χ4n) is 7.12. The van der Waals surface area contributed by atoms with E-state index in [2.05, 4.69) is 98.9 Å². The zero-order valence-electron chi connectivity index (χ0n) is 39.9. The van der Waals surface area contributed by atoms with Gasteiger partial charge in [0.1, 0.15) is 6.61 Å². The molecular formula is C56H96O5. The predicted octanol–water partition coefficient (Wildman–Crippen LogP) is 17.0. The van der Waals surface area contributed by atoms with Crippen LogP contribution in [0.15, 0.2) is 85.1 Å². The number of aliphatic hydroxyl groups excluding tert-OH is 1. The molecule has 1 N–H and O–H groups in total. The summed E-state index contributed by atoms with van der Waals surface area (Å²) >= 11 is 0. The highest BCUT2D eigenvalue weighted by atomic mass is 16.6. The summed E-state index contributed by atoms with van der Waals surface area (Å²) in [6.07, 6.45) is 71.0. The average Bonchev–Trinajstić information content (AvgIpc) is 3.26. The van der Waals surface area contributed by atoms with Crippen LogP contribution in [0.5, 0.6) is 0 Å². The summed E-state index contributed by atoms with van der Waals surface area (Å²) in [7, 11) is 0. The molecule has 0 bridgehead atoms. The van der Waals surface area contributed by atoms with Crippen LogP contribution in [0.2, 0.25) is 0 Å². The number of ether oxygens (including phenoxy) is 2. The minimum atomic E-state index is -0.781. The van der Waals surface area contributed by atoms with Gasteiger partial charge < -0.3 is 14.6 Å². The SMILES string of the molecule is CC/C=C\C/C=C\C/C=C\C/C=C\C/C=C\C/C=C\C/C=C\CCCCCCCCCC(=O)OC(CO)COC(=O)CCCCCCCCCCCCCCCCCCCC. The second-order valence-electron chi connectivity index (χ2n) is 16.9. The number of hydrogen-bond donors (Lipinski definition) is 1. The Labute approximate surface area is 377 Å². The highest BCUT2D eigenvalue weighted by Gasteiger charge is 2.16. The highest BCUT2D eigenvalue weighted by molar-refractivity contribution is 5.70. The molecule has 0 fully saturated rings. The molecule has 0 amide bonds. The Morgan fingerprint density at radius 2 is 0.705 bits per heavy atom. The number of carbonyl (C=O) groups is 2. The van der Waals surface area contributed by atoms with E-state index in [1.807, 2.05) is 0 Å². The van der Waals surface area contributed by atoms with Gasteiger partial charge >= 0.3 is 11.9 Å². The van der Waals surface area contributed by atoms with Crippen LogP contribution in [-0.4, -0.2) is 36.4 Å². The monoisotopic (exact) mass is 849 g/mol. The Hall–Kier alpha value is -2.92. The van der Waals surface area contributed by atoms with Crippen LogP contribution in [0.1, 0.15) is 239 Å². The number of carbonyl (C=O) groups excluding carboxylic acids is 2. The molecule has 0 radical (unpaired) electrons. The first-order valence-corrected chi connectivity index (χ1v) is 25.6. The third-order valence-electron chi connectivity index (χ3n) is 11.0. The lowest BCUT2D eigenvalue weighted by Crippen LogP contribution is -2.28. The molecule has 0 aliphatic heterocycles. The van der Waals surface area contributed by atoms with Crippen molar-refractivity contribution in [3.8, 4) is 0 Å². The highest BCUT2D eigenvalue weighted by Crippen LogP contribution is 2.15. The second-order valence-corrected chi connectivity index (χ2v) is 16.9. The fourth-order valence-corrected chi connectivity index (χ4v) is 7.12. The van der Waals surface area contributed by atoms with Crippen molar-refractivity contribution in [2.75, 3.05) is 13.2 Å². The molecule has 0 aromatic carbocycles. The van der Waals surface area contributed by atoms with E-state index in [9.17, 15) is 14.7 Å². The third-order valence-corrected chi connectivity index (χ3v) is 11.0. The lowest BCUT2D eigenvalue weighted by molar-refractivity contribution is -0.161. The van der Waals surface area contributed by atoms with E-state index in [4.69, 9.17) is 9.47 Å². The van der Waals surface area contributed by atoms with Crippen LogP contribution >= 0.6 is 0 Å². The first-order valence-electron chi connectivity index (χ1n) is 25.6. The molecule has 5 heteroatoms. The Bertz CT molecular complexity index is 1140. The molecule has 1 unspecified atom stereocenters. The van der Waals surface area contributed by atoms with Gasteiger partial charge in [-0.1, -0.05) is 240 Å². The maximum absolute atomic E-state index is 12.3. The second kappa shape index (κ2) is 51.4. The lowest BCUT2D eigenvalue weighted by Gasteiger charge is -2.15. The minimum Gasteiger partial charge on any atom is -0.462 e. The normalized spacial score (nSPS) is 12.9. The molecule has 0 spiro atoms. The Morgan fingerprint density at radius 3 is 1.07 bits per heavy atom. The van der Waals surface area contributed by atoms with Crippen LogP contribution in [-0.2, 0) is 19.1 Å². The van der Waals surface area contributed by atoms with Gasteiger partial charge in [-0.3, -0.25) is 9.59 Å². The van der Waals surface area contributed by atoms with E-state index in [0.29, 0.717) is 12.8 Å². The molecule has 0 heterocycles. The number of rotatable bonds is 46. The summed E-state index contributed by atoms with van der Waals surface area (Å²) in [5.41, 5.74) is 0. The zero-order valence-corrected chi connectivity index (χ0v) is 39.9. The van der Waals surface area contributed by atoms with Crippen molar-refractivity contribution in [3.05, 3.63) is 85.1 Å². The summed E-state index contributed by atoms with van der Waals surface area (Å²) in [6, 6.07) is 0. The number of esters is 2. The van der Waals surface area contributed by atoms with Gasteiger partial charge in [0.15, 0.2) is 6.10 Å². The molecule has 5 nitrogen and oxygen atoms in total. The largest absolute Gasteiger partial charge is 0.462 e. The Balaban J connectivity index is 3.57. The summed E-state index contributed by atoms with van der Waals surface area (Å²) in [5.74, 6) is -0.600. The maximum Gasteiger partial charge on any atom is 0.306 e. The Morgan fingerprint density at radius 1 is 0.393 bits per heavy atom. The molecule has 0 saturated carbocycles. The summed E-state index contributed by atoms with van der Waals surface area (Å²) in [6.45, 7) is 4.03. The maximum atomic E-state index is 12.3. The van der Waals surface area contributed by atoms with Gasteiger partial charge in [-0.15, -0.1) is 0 Å². The lowest BCUT2D eigenvalue weighted by atomic mass is 10.0. The molecule has 61 heavy (non-hydrogen) atoms. The minimum absolute atomic E-state index is 0.0716. The van der Waals surface area contributed by atoms with Crippen LogP contribution < -0.4 is 0 Å².